The lowest BCUT2D eigenvalue weighted by atomic mass is 10.1. The average Bonchev–Trinajstić information content (AvgIpc) is 3.12. The fourth-order valence-corrected chi connectivity index (χ4v) is 2.59. The van der Waals surface area contributed by atoms with E-state index in [1.165, 1.54) is 23.4 Å². The number of rotatable bonds is 1. The number of amides is 1. The monoisotopic (exact) mass is 377 g/mol. The van der Waals surface area contributed by atoms with Crippen LogP contribution in [0.1, 0.15) is 11.1 Å². The first-order valence-corrected chi connectivity index (χ1v) is 8.80. The Hall–Kier alpha value is -3.67. The van der Waals surface area contributed by atoms with Crippen molar-refractivity contribution in [1.82, 2.24) is 10.1 Å². The van der Waals surface area contributed by atoms with Crippen LogP contribution >= 0.6 is 0 Å². The Labute approximate surface area is 163 Å². The minimum absolute atomic E-state index is 0.171. The van der Waals surface area contributed by atoms with Crippen molar-refractivity contribution in [2.45, 2.75) is 13.1 Å². The fraction of sp³-hybridized carbons (Fsp3) is 0.0909. The third-order valence-electron chi connectivity index (χ3n) is 3.95. The van der Waals surface area contributed by atoms with Crippen molar-refractivity contribution in [3.63, 3.8) is 0 Å². The summed E-state index contributed by atoms with van der Waals surface area (Å²) in [4.78, 5) is 19.2. The number of hydrogen-bond donors (Lipinski definition) is 0. The quantitative estimate of drug-likeness (QED) is 0.707. The molecule has 1 aromatic rings. The number of allylic oxidation sites excluding steroid dienone is 11. The lowest BCUT2D eigenvalue weighted by Gasteiger charge is -2.18. The van der Waals surface area contributed by atoms with Crippen LogP contribution in [0.25, 0.3) is 0 Å². The van der Waals surface area contributed by atoms with Gasteiger partial charge >= 0.3 is 6.09 Å². The smallest absolute Gasteiger partial charge is 0.299 e. The molecular formula is C22H20FN3O2. The van der Waals surface area contributed by atoms with Crippen molar-refractivity contribution in [1.29, 1.82) is 0 Å². The molecule has 0 atom stereocenters. The molecule has 142 valence electrons. The van der Waals surface area contributed by atoms with Crippen LogP contribution in [-0.4, -0.2) is 22.4 Å². The molecule has 1 aromatic carbocycles. The fourth-order valence-electron chi connectivity index (χ4n) is 2.59. The van der Waals surface area contributed by atoms with Gasteiger partial charge in [-0.15, -0.1) is 5.10 Å². The number of hydrogen-bond acceptors (Lipinski definition) is 4. The maximum absolute atomic E-state index is 13.9. The average molecular weight is 377 g/mol. The summed E-state index contributed by atoms with van der Waals surface area (Å²) in [5.74, 6) is -0.314. The van der Waals surface area contributed by atoms with E-state index < -0.39 is 6.09 Å². The Kier molecular flexibility index (Phi) is 6.73. The van der Waals surface area contributed by atoms with E-state index in [0.29, 0.717) is 12.1 Å². The van der Waals surface area contributed by atoms with Gasteiger partial charge in [-0.25, -0.2) is 9.18 Å². The van der Waals surface area contributed by atoms with E-state index >= 15 is 0 Å². The summed E-state index contributed by atoms with van der Waals surface area (Å²) in [6, 6.07) is 4.83. The van der Waals surface area contributed by atoms with Crippen LogP contribution in [0, 0.1) is 5.82 Å². The van der Waals surface area contributed by atoms with Gasteiger partial charge in [-0.2, -0.15) is 0 Å². The molecule has 28 heavy (non-hydrogen) atoms. The zero-order valence-corrected chi connectivity index (χ0v) is 15.2. The topological polar surface area (TPSA) is 45.1 Å². The van der Waals surface area contributed by atoms with Gasteiger partial charge in [0.25, 0.3) is 0 Å². The number of carbonyl (C=O) groups is 1. The molecule has 0 radical (unpaired) electrons. The van der Waals surface area contributed by atoms with Gasteiger partial charge in [0.2, 0.25) is 0 Å². The molecule has 2 aliphatic heterocycles. The number of halogens is 1. The molecule has 0 unspecified atom stereocenters. The highest BCUT2D eigenvalue weighted by atomic mass is 19.1. The Morgan fingerprint density at radius 2 is 1.54 bits per heavy atom. The summed E-state index contributed by atoms with van der Waals surface area (Å²) in [7, 11) is 0. The predicted molar refractivity (Wildman–Crippen MR) is 107 cm³/mol. The van der Waals surface area contributed by atoms with E-state index in [4.69, 9.17) is 4.84 Å². The van der Waals surface area contributed by atoms with Crippen molar-refractivity contribution in [3.05, 3.63) is 108 Å². The number of fused-ring (bicyclic) bond motifs is 1. The molecule has 0 bridgehead atoms. The first-order valence-electron chi connectivity index (χ1n) is 8.80. The van der Waals surface area contributed by atoms with Crippen LogP contribution in [0.5, 0.6) is 0 Å². The van der Waals surface area contributed by atoms with Crippen LogP contribution in [0.15, 0.2) is 96.3 Å². The van der Waals surface area contributed by atoms with Gasteiger partial charge in [0.05, 0.1) is 19.0 Å². The molecule has 2 aliphatic rings. The molecule has 6 heteroatoms. The van der Waals surface area contributed by atoms with Gasteiger partial charge < -0.3 is 0 Å². The van der Waals surface area contributed by atoms with Crippen LogP contribution in [0.3, 0.4) is 0 Å². The van der Waals surface area contributed by atoms with Crippen molar-refractivity contribution in [2.24, 2.45) is 5.10 Å². The molecule has 0 aliphatic carbocycles. The summed E-state index contributed by atoms with van der Waals surface area (Å²) in [6.07, 6.45) is 22.6. The van der Waals surface area contributed by atoms with Crippen molar-refractivity contribution >= 4 is 12.3 Å². The molecule has 0 saturated carbocycles. The van der Waals surface area contributed by atoms with E-state index in [1.54, 1.807) is 36.4 Å². The first-order chi connectivity index (χ1) is 13.7. The first kappa shape index (κ1) is 19.1. The molecule has 5 nitrogen and oxygen atoms in total. The lowest BCUT2D eigenvalue weighted by molar-refractivity contribution is -0.0724. The number of nitrogens with zero attached hydrogens (tertiary/aromatic N) is 3. The molecule has 0 aromatic heterocycles. The summed E-state index contributed by atoms with van der Waals surface area (Å²) in [5, 5.41) is 5.17. The maximum Gasteiger partial charge on any atom is 0.436 e. The minimum atomic E-state index is -0.604. The Morgan fingerprint density at radius 1 is 0.893 bits per heavy atom. The largest absolute Gasteiger partial charge is 0.436 e. The second-order valence-corrected chi connectivity index (χ2v) is 5.92. The van der Waals surface area contributed by atoms with Crippen LogP contribution in [0.4, 0.5) is 9.18 Å². The molecule has 0 N–H and O–H groups in total. The molecule has 0 fully saturated rings. The normalized spacial score (nSPS) is 24.2. The predicted octanol–water partition coefficient (Wildman–Crippen LogP) is 4.79. The zero-order chi connectivity index (χ0) is 19.6. The van der Waals surface area contributed by atoms with Gasteiger partial charge in [0.1, 0.15) is 5.82 Å². The van der Waals surface area contributed by atoms with E-state index in [2.05, 4.69) is 5.10 Å². The van der Waals surface area contributed by atoms with Crippen molar-refractivity contribution in [2.75, 3.05) is 0 Å². The molecule has 1 amide bonds. The maximum atomic E-state index is 13.9. The van der Waals surface area contributed by atoms with E-state index in [-0.39, 0.29) is 12.4 Å². The molecule has 2 heterocycles. The van der Waals surface area contributed by atoms with Gasteiger partial charge in [0.15, 0.2) is 0 Å². The van der Waals surface area contributed by atoms with E-state index in [9.17, 15) is 9.18 Å². The van der Waals surface area contributed by atoms with E-state index in [0.717, 1.165) is 10.7 Å². The summed E-state index contributed by atoms with van der Waals surface area (Å²) in [6.45, 7) is 0.472. The molecule has 0 saturated heterocycles. The van der Waals surface area contributed by atoms with Gasteiger partial charge in [0, 0.05) is 12.1 Å². The molecule has 0 spiro atoms. The highest BCUT2D eigenvalue weighted by Gasteiger charge is 2.27. The van der Waals surface area contributed by atoms with Gasteiger partial charge in [-0.05, 0) is 23.8 Å². The summed E-state index contributed by atoms with van der Waals surface area (Å²) >= 11 is 0. The standard InChI is InChI=1S/C22H20FN3O2/c23-21-14-12-13-19-17-25(18-20(19)21)22(27)28-26-16-11-9-7-5-3-1-2-4-6-8-10-15-24-26/h1-16H,17-18H2/b2-1-,5-3+,6-4+,9-7+,10-8+,16-11-,24-15-. The minimum Gasteiger partial charge on any atom is -0.299 e. The highest BCUT2D eigenvalue weighted by Crippen LogP contribution is 2.25. The third kappa shape index (κ3) is 5.41. The summed E-state index contributed by atoms with van der Waals surface area (Å²) < 4.78 is 13.9. The van der Waals surface area contributed by atoms with Crippen LogP contribution in [-0.2, 0) is 17.9 Å². The Morgan fingerprint density at radius 3 is 2.21 bits per heavy atom. The van der Waals surface area contributed by atoms with Crippen LogP contribution in [0.2, 0.25) is 0 Å². The SMILES string of the molecule is O=C(ON1\C=C/C=C/C=C/C=C\C=C\C=C\C=N/1)N1Cc2cccc(F)c2C1. The van der Waals surface area contributed by atoms with Crippen LogP contribution < -0.4 is 0 Å². The van der Waals surface area contributed by atoms with Gasteiger partial charge in [-0.1, -0.05) is 72.0 Å². The highest BCUT2D eigenvalue weighted by molar-refractivity contribution is 5.72. The van der Waals surface area contributed by atoms with E-state index in [1.807, 2.05) is 42.5 Å². The van der Waals surface area contributed by atoms with Gasteiger partial charge in [-0.3, -0.25) is 9.74 Å². The second kappa shape index (κ2) is 9.87. The number of hydrazone groups is 1. The number of carbonyl (C=O) groups excluding carboxylic acids is 1. The Bertz CT molecular complexity index is 874. The zero-order valence-electron chi connectivity index (χ0n) is 15.2. The number of benzene rings is 1. The number of hydroxylamine groups is 1. The van der Waals surface area contributed by atoms with Crippen molar-refractivity contribution in [3.8, 4) is 0 Å². The van der Waals surface area contributed by atoms with Crippen molar-refractivity contribution < 1.29 is 14.0 Å². The summed E-state index contributed by atoms with van der Waals surface area (Å²) in [5.41, 5.74) is 1.31. The molecule has 3 rings (SSSR count). The third-order valence-corrected chi connectivity index (χ3v) is 3.95. The lowest BCUT2D eigenvalue weighted by Crippen LogP contribution is -2.30. The molecular weight excluding hydrogens is 357 g/mol. The second-order valence-electron chi connectivity index (χ2n) is 5.92. The Balaban J connectivity index is 1.68.